The Balaban J connectivity index is 1.39. The molecule has 24 heavy (non-hydrogen) atoms. The number of ether oxygens (including phenoxy) is 1. The van der Waals surface area contributed by atoms with Crippen LogP contribution in [0.2, 0.25) is 0 Å². The highest BCUT2D eigenvalue weighted by Gasteiger charge is 2.41. The molecule has 0 N–H and O–H groups in total. The van der Waals surface area contributed by atoms with E-state index in [0.29, 0.717) is 45.8 Å². The highest BCUT2D eigenvalue weighted by Crippen LogP contribution is 2.28. The van der Waals surface area contributed by atoms with E-state index in [1.54, 1.807) is 15.8 Å². The molecule has 3 aliphatic heterocycles. The lowest BCUT2D eigenvalue weighted by molar-refractivity contribution is -0.117. The molecule has 3 aliphatic rings. The standard InChI is InChI=1S/C14H21N5O4S/c20-14-2-1-3-18(14)12-8-15-19(11-12)13-9-17(10-13)24(21,22)16-4-6-23-7-5-16/h8,11,13H,1-7,9-10H2. The summed E-state index contributed by atoms with van der Waals surface area (Å²) in [6.07, 6.45) is 4.98. The SMILES string of the molecule is O=C1CCCN1c1cnn(C2CN(S(=O)(=O)N3CCOCC3)C2)c1. The summed E-state index contributed by atoms with van der Waals surface area (Å²) in [6.45, 7) is 3.26. The van der Waals surface area contributed by atoms with Crippen LogP contribution in [0, 0.1) is 0 Å². The van der Waals surface area contributed by atoms with Crippen LogP contribution in [0.5, 0.6) is 0 Å². The zero-order valence-electron chi connectivity index (χ0n) is 13.4. The van der Waals surface area contributed by atoms with E-state index < -0.39 is 10.2 Å². The minimum Gasteiger partial charge on any atom is -0.379 e. The van der Waals surface area contributed by atoms with Gasteiger partial charge >= 0.3 is 0 Å². The van der Waals surface area contributed by atoms with Crippen LogP contribution in [0.1, 0.15) is 18.9 Å². The molecular formula is C14H21N5O4S. The molecule has 1 amide bonds. The Kier molecular flexibility index (Phi) is 4.07. The highest BCUT2D eigenvalue weighted by molar-refractivity contribution is 7.86. The second-order valence-corrected chi connectivity index (χ2v) is 8.25. The van der Waals surface area contributed by atoms with Gasteiger partial charge in [0.2, 0.25) is 5.91 Å². The molecule has 0 aliphatic carbocycles. The van der Waals surface area contributed by atoms with E-state index in [-0.39, 0.29) is 11.9 Å². The lowest BCUT2D eigenvalue weighted by Crippen LogP contribution is -2.57. The number of hydrogen-bond acceptors (Lipinski definition) is 5. The molecule has 9 nitrogen and oxygen atoms in total. The second kappa shape index (κ2) is 6.10. The van der Waals surface area contributed by atoms with Gasteiger partial charge in [0.1, 0.15) is 0 Å². The van der Waals surface area contributed by atoms with Crippen LogP contribution in [-0.4, -0.2) is 78.7 Å². The van der Waals surface area contributed by atoms with Crippen molar-refractivity contribution >= 4 is 21.8 Å². The van der Waals surface area contributed by atoms with Gasteiger partial charge in [-0.3, -0.25) is 9.48 Å². The lowest BCUT2D eigenvalue weighted by Gasteiger charge is -2.41. The summed E-state index contributed by atoms with van der Waals surface area (Å²) in [5.74, 6) is 0.125. The number of anilines is 1. The Morgan fingerprint density at radius 2 is 1.88 bits per heavy atom. The van der Waals surface area contributed by atoms with Crippen molar-refractivity contribution in [3.05, 3.63) is 12.4 Å². The van der Waals surface area contributed by atoms with Crippen molar-refractivity contribution in [2.75, 3.05) is 50.8 Å². The maximum absolute atomic E-state index is 12.5. The normalized spacial score (nSPS) is 24.5. The van der Waals surface area contributed by atoms with Gasteiger partial charge in [0.05, 0.1) is 31.1 Å². The van der Waals surface area contributed by atoms with E-state index >= 15 is 0 Å². The van der Waals surface area contributed by atoms with Crippen molar-refractivity contribution in [3.8, 4) is 0 Å². The third kappa shape index (κ3) is 2.73. The fraction of sp³-hybridized carbons (Fsp3) is 0.714. The molecule has 132 valence electrons. The Hall–Kier alpha value is -1.49. The minimum absolute atomic E-state index is 0.0206. The molecule has 0 aromatic carbocycles. The van der Waals surface area contributed by atoms with Gasteiger partial charge in [0.25, 0.3) is 10.2 Å². The molecular weight excluding hydrogens is 334 g/mol. The van der Waals surface area contributed by atoms with Crippen LogP contribution in [0.15, 0.2) is 12.4 Å². The van der Waals surface area contributed by atoms with Gasteiger partial charge in [-0.2, -0.15) is 22.1 Å². The molecule has 3 saturated heterocycles. The molecule has 0 spiro atoms. The summed E-state index contributed by atoms with van der Waals surface area (Å²) in [4.78, 5) is 13.5. The van der Waals surface area contributed by atoms with Crippen molar-refractivity contribution in [2.45, 2.75) is 18.9 Å². The summed E-state index contributed by atoms with van der Waals surface area (Å²) >= 11 is 0. The summed E-state index contributed by atoms with van der Waals surface area (Å²) in [7, 11) is -3.40. The van der Waals surface area contributed by atoms with E-state index in [4.69, 9.17) is 4.74 Å². The van der Waals surface area contributed by atoms with E-state index in [1.807, 2.05) is 6.20 Å². The molecule has 0 atom stereocenters. The van der Waals surface area contributed by atoms with Crippen molar-refractivity contribution in [1.82, 2.24) is 18.4 Å². The predicted molar refractivity (Wildman–Crippen MR) is 85.7 cm³/mol. The first-order valence-electron chi connectivity index (χ1n) is 8.23. The smallest absolute Gasteiger partial charge is 0.282 e. The summed E-state index contributed by atoms with van der Waals surface area (Å²) in [5.41, 5.74) is 0.798. The van der Waals surface area contributed by atoms with E-state index in [2.05, 4.69) is 5.10 Å². The number of rotatable bonds is 4. The van der Waals surface area contributed by atoms with Crippen molar-refractivity contribution in [1.29, 1.82) is 0 Å². The Morgan fingerprint density at radius 3 is 2.54 bits per heavy atom. The van der Waals surface area contributed by atoms with Crippen LogP contribution >= 0.6 is 0 Å². The van der Waals surface area contributed by atoms with E-state index in [1.165, 1.54) is 8.61 Å². The number of nitrogens with zero attached hydrogens (tertiary/aromatic N) is 5. The van der Waals surface area contributed by atoms with Crippen molar-refractivity contribution < 1.29 is 17.9 Å². The van der Waals surface area contributed by atoms with Crippen LogP contribution < -0.4 is 4.90 Å². The minimum atomic E-state index is -3.40. The fourth-order valence-corrected chi connectivity index (χ4v) is 4.96. The molecule has 0 radical (unpaired) electrons. The Bertz CT molecular complexity index is 721. The highest BCUT2D eigenvalue weighted by atomic mass is 32.2. The summed E-state index contributed by atoms with van der Waals surface area (Å²) in [5, 5.41) is 4.31. The molecule has 0 unspecified atom stereocenters. The molecule has 0 bridgehead atoms. The lowest BCUT2D eigenvalue weighted by atomic mass is 10.2. The zero-order chi connectivity index (χ0) is 16.7. The third-order valence-corrected chi connectivity index (χ3v) is 6.77. The van der Waals surface area contributed by atoms with Crippen molar-refractivity contribution in [3.63, 3.8) is 0 Å². The number of carbonyl (C=O) groups is 1. The Labute approximate surface area is 140 Å². The third-order valence-electron chi connectivity index (χ3n) is 4.80. The largest absolute Gasteiger partial charge is 0.379 e. The molecule has 1 aromatic heterocycles. The maximum Gasteiger partial charge on any atom is 0.282 e. The maximum atomic E-state index is 12.5. The molecule has 0 saturated carbocycles. The zero-order valence-corrected chi connectivity index (χ0v) is 14.2. The molecule has 4 rings (SSSR count). The Morgan fingerprint density at radius 1 is 1.12 bits per heavy atom. The average molecular weight is 355 g/mol. The van der Waals surface area contributed by atoms with Gasteiger partial charge < -0.3 is 9.64 Å². The van der Waals surface area contributed by atoms with Gasteiger partial charge in [-0.15, -0.1) is 0 Å². The fourth-order valence-electron chi connectivity index (χ4n) is 3.30. The number of amides is 1. The summed E-state index contributed by atoms with van der Waals surface area (Å²) < 4.78 is 35.0. The van der Waals surface area contributed by atoms with Gasteiger partial charge in [-0.05, 0) is 6.42 Å². The van der Waals surface area contributed by atoms with Gasteiger partial charge in [0, 0.05) is 45.3 Å². The van der Waals surface area contributed by atoms with Crippen LogP contribution in [0.25, 0.3) is 0 Å². The van der Waals surface area contributed by atoms with E-state index in [9.17, 15) is 13.2 Å². The van der Waals surface area contributed by atoms with E-state index in [0.717, 1.165) is 18.7 Å². The molecule has 1 aromatic rings. The number of hydrogen-bond donors (Lipinski definition) is 0. The van der Waals surface area contributed by atoms with Crippen LogP contribution in [-0.2, 0) is 19.7 Å². The first-order valence-corrected chi connectivity index (χ1v) is 9.63. The first kappa shape index (κ1) is 16.0. The summed E-state index contributed by atoms with van der Waals surface area (Å²) in [6, 6.07) is 0.0206. The van der Waals surface area contributed by atoms with Gasteiger partial charge in [-0.1, -0.05) is 0 Å². The van der Waals surface area contributed by atoms with Gasteiger partial charge in [-0.25, -0.2) is 0 Å². The predicted octanol–water partition coefficient (Wildman–Crippen LogP) is -0.556. The van der Waals surface area contributed by atoms with Crippen molar-refractivity contribution in [2.24, 2.45) is 0 Å². The topological polar surface area (TPSA) is 88.0 Å². The number of aromatic nitrogens is 2. The first-order chi connectivity index (χ1) is 11.6. The monoisotopic (exact) mass is 355 g/mol. The molecule has 4 heterocycles. The molecule has 10 heteroatoms. The van der Waals surface area contributed by atoms with Gasteiger partial charge in [0.15, 0.2) is 0 Å². The second-order valence-electron chi connectivity index (χ2n) is 6.32. The van der Waals surface area contributed by atoms with Crippen LogP contribution in [0.3, 0.4) is 0 Å². The quantitative estimate of drug-likeness (QED) is 0.723. The number of morpholine rings is 1. The average Bonchev–Trinajstić information content (AvgIpc) is 3.15. The van der Waals surface area contributed by atoms with Crippen LogP contribution in [0.4, 0.5) is 5.69 Å². The number of carbonyl (C=O) groups excluding carboxylic acids is 1. The molecule has 3 fully saturated rings.